The number of anilines is 1. The number of thiazole rings is 1. The first kappa shape index (κ1) is 17.6. The van der Waals surface area contributed by atoms with Gasteiger partial charge in [-0.25, -0.2) is 13.4 Å². The summed E-state index contributed by atoms with van der Waals surface area (Å²) in [5.74, 6) is 0. The first-order valence-electron chi connectivity index (χ1n) is 7.98. The van der Waals surface area contributed by atoms with Crippen molar-refractivity contribution >= 4 is 26.2 Å². The maximum Gasteiger partial charge on any atom is 0.226 e. The van der Waals surface area contributed by atoms with Crippen LogP contribution in [0.15, 0.2) is 64.5 Å². The van der Waals surface area contributed by atoms with Gasteiger partial charge in [0.15, 0.2) is 5.03 Å². The van der Waals surface area contributed by atoms with E-state index < -0.39 is 9.84 Å². The van der Waals surface area contributed by atoms with Crippen LogP contribution in [0.3, 0.4) is 0 Å². The van der Waals surface area contributed by atoms with Crippen LogP contribution in [-0.4, -0.2) is 13.4 Å². The summed E-state index contributed by atoms with van der Waals surface area (Å²) >= 11 is 1.36. The largest absolute Gasteiger partial charge is 0.368 e. The van der Waals surface area contributed by atoms with E-state index in [9.17, 15) is 8.42 Å². The minimum absolute atomic E-state index is 0.0204. The molecule has 4 nitrogen and oxygen atoms in total. The zero-order chi connectivity index (χ0) is 18.0. The Bertz CT molecular complexity index is 962. The average molecular weight is 373 g/mol. The molecule has 1 N–H and O–H groups in total. The predicted molar refractivity (Wildman–Crippen MR) is 102 cm³/mol. The molecule has 0 fully saturated rings. The number of benzene rings is 2. The highest BCUT2D eigenvalue weighted by atomic mass is 32.2. The minimum Gasteiger partial charge on any atom is -0.368 e. The zero-order valence-corrected chi connectivity index (χ0v) is 16.0. The normalized spacial score (nSPS) is 12.8. The Balaban J connectivity index is 1.97. The Morgan fingerprint density at radius 3 is 2.28 bits per heavy atom. The van der Waals surface area contributed by atoms with Crippen molar-refractivity contribution in [1.29, 1.82) is 0 Å². The molecule has 0 radical (unpaired) electrons. The van der Waals surface area contributed by atoms with Crippen molar-refractivity contribution in [2.45, 2.75) is 36.7 Å². The lowest BCUT2D eigenvalue weighted by Crippen LogP contribution is -2.10. The molecule has 1 unspecified atom stereocenters. The summed E-state index contributed by atoms with van der Waals surface area (Å²) in [6.07, 6.45) is 0. The summed E-state index contributed by atoms with van der Waals surface area (Å²) in [5, 5.41) is 4.70. The number of nitrogens with one attached hydrogen (secondary N) is 1. The van der Waals surface area contributed by atoms with E-state index in [2.05, 4.69) is 10.3 Å². The number of sulfone groups is 1. The smallest absolute Gasteiger partial charge is 0.226 e. The minimum atomic E-state index is -3.66. The molecule has 25 heavy (non-hydrogen) atoms. The van der Waals surface area contributed by atoms with Gasteiger partial charge in [-0.15, -0.1) is 11.3 Å². The van der Waals surface area contributed by atoms with Gasteiger partial charge in [0.25, 0.3) is 0 Å². The fourth-order valence-electron chi connectivity index (χ4n) is 2.53. The van der Waals surface area contributed by atoms with Gasteiger partial charge < -0.3 is 5.32 Å². The molecule has 0 aliphatic carbocycles. The highest BCUT2D eigenvalue weighted by molar-refractivity contribution is 7.91. The molecular formula is C19H20N2O2S2. The molecule has 3 rings (SSSR count). The number of nitrogens with zero attached hydrogens (tertiary/aromatic N) is 1. The lowest BCUT2D eigenvalue weighted by molar-refractivity contribution is 0.593. The van der Waals surface area contributed by atoms with Gasteiger partial charge in [-0.05, 0) is 38.5 Å². The second-order valence-corrected chi connectivity index (χ2v) is 9.03. The van der Waals surface area contributed by atoms with Crippen LogP contribution in [0.1, 0.15) is 29.1 Å². The number of hydrogen-bond acceptors (Lipinski definition) is 5. The Morgan fingerprint density at radius 1 is 1.00 bits per heavy atom. The fourth-order valence-corrected chi connectivity index (χ4v) is 5.12. The van der Waals surface area contributed by atoms with Crippen molar-refractivity contribution in [3.05, 3.63) is 70.7 Å². The van der Waals surface area contributed by atoms with E-state index in [0.717, 1.165) is 11.1 Å². The standard InChI is InChI=1S/C19H20N2O2S2/c1-13-9-11-17(12-10-13)25(22,23)19-18(24-15(3)21-19)20-14(2)16-7-5-4-6-8-16/h4-12,14,20H,1-3H3. The van der Waals surface area contributed by atoms with Gasteiger partial charge >= 0.3 is 0 Å². The van der Waals surface area contributed by atoms with Crippen molar-refractivity contribution < 1.29 is 8.42 Å². The molecule has 6 heteroatoms. The quantitative estimate of drug-likeness (QED) is 0.701. The lowest BCUT2D eigenvalue weighted by Gasteiger charge is -2.15. The van der Waals surface area contributed by atoms with Gasteiger partial charge in [-0.3, -0.25) is 0 Å². The predicted octanol–water partition coefficient (Wildman–Crippen LogP) is 4.77. The van der Waals surface area contributed by atoms with E-state index in [1.54, 1.807) is 24.3 Å². The lowest BCUT2D eigenvalue weighted by atomic mass is 10.1. The van der Waals surface area contributed by atoms with E-state index in [1.807, 2.05) is 51.1 Å². The summed E-state index contributed by atoms with van der Waals surface area (Å²) in [7, 11) is -3.66. The van der Waals surface area contributed by atoms with Crippen molar-refractivity contribution in [3.63, 3.8) is 0 Å². The van der Waals surface area contributed by atoms with E-state index in [4.69, 9.17) is 0 Å². The Kier molecular flexibility index (Phi) is 4.92. The molecule has 3 aromatic rings. The fraction of sp³-hybridized carbons (Fsp3) is 0.211. The molecule has 0 aliphatic heterocycles. The Morgan fingerprint density at radius 2 is 1.64 bits per heavy atom. The van der Waals surface area contributed by atoms with Crippen LogP contribution in [0.25, 0.3) is 0 Å². The third-order valence-corrected chi connectivity index (χ3v) is 6.66. The molecule has 0 saturated heterocycles. The molecule has 0 spiro atoms. The highest BCUT2D eigenvalue weighted by Crippen LogP contribution is 2.34. The van der Waals surface area contributed by atoms with Crippen LogP contribution >= 0.6 is 11.3 Å². The summed E-state index contributed by atoms with van der Waals surface area (Å²) < 4.78 is 26.0. The SMILES string of the molecule is Cc1ccc(S(=O)(=O)c2nc(C)sc2NC(C)c2ccccc2)cc1. The number of rotatable bonds is 5. The highest BCUT2D eigenvalue weighted by Gasteiger charge is 2.26. The van der Waals surface area contributed by atoms with E-state index in [-0.39, 0.29) is 16.0 Å². The summed E-state index contributed by atoms with van der Waals surface area (Å²) in [6, 6.07) is 16.8. The van der Waals surface area contributed by atoms with Crippen molar-refractivity contribution in [3.8, 4) is 0 Å². The van der Waals surface area contributed by atoms with Crippen LogP contribution in [0, 0.1) is 13.8 Å². The molecule has 130 valence electrons. The van der Waals surface area contributed by atoms with Gasteiger partial charge in [0.2, 0.25) is 9.84 Å². The molecular weight excluding hydrogens is 352 g/mol. The monoisotopic (exact) mass is 372 g/mol. The van der Waals surface area contributed by atoms with Gasteiger partial charge in [-0.1, -0.05) is 48.0 Å². The van der Waals surface area contributed by atoms with Crippen LogP contribution in [0.5, 0.6) is 0 Å². The third-order valence-electron chi connectivity index (χ3n) is 3.94. The maximum atomic E-state index is 13.0. The van der Waals surface area contributed by atoms with Crippen LogP contribution in [-0.2, 0) is 9.84 Å². The molecule has 0 amide bonds. The second-order valence-electron chi connectivity index (χ2n) is 5.96. The second kappa shape index (κ2) is 6.98. The molecule has 0 bridgehead atoms. The van der Waals surface area contributed by atoms with E-state index in [0.29, 0.717) is 10.0 Å². The van der Waals surface area contributed by atoms with Crippen LogP contribution in [0.4, 0.5) is 5.00 Å². The third kappa shape index (κ3) is 3.75. The number of aromatic nitrogens is 1. The summed E-state index contributed by atoms with van der Waals surface area (Å²) in [5.41, 5.74) is 2.11. The molecule has 1 heterocycles. The van der Waals surface area contributed by atoms with Crippen LogP contribution in [0.2, 0.25) is 0 Å². The summed E-state index contributed by atoms with van der Waals surface area (Å²) in [4.78, 5) is 4.56. The first-order chi connectivity index (χ1) is 11.9. The molecule has 1 aromatic heterocycles. The van der Waals surface area contributed by atoms with Gasteiger partial charge in [0.1, 0.15) is 5.00 Å². The Labute approximate surface area is 152 Å². The molecule has 2 aromatic carbocycles. The van der Waals surface area contributed by atoms with Crippen molar-refractivity contribution in [1.82, 2.24) is 4.98 Å². The van der Waals surface area contributed by atoms with Crippen molar-refractivity contribution in [2.24, 2.45) is 0 Å². The summed E-state index contributed by atoms with van der Waals surface area (Å²) in [6.45, 7) is 5.75. The topological polar surface area (TPSA) is 59.1 Å². The van der Waals surface area contributed by atoms with Gasteiger partial charge in [0.05, 0.1) is 9.90 Å². The average Bonchev–Trinajstić information content (AvgIpc) is 2.97. The molecule has 0 aliphatic rings. The van der Waals surface area contributed by atoms with E-state index in [1.165, 1.54) is 11.3 Å². The molecule has 0 saturated carbocycles. The van der Waals surface area contributed by atoms with Gasteiger partial charge in [0, 0.05) is 6.04 Å². The van der Waals surface area contributed by atoms with Gasteiger partial charge in [-0.2, -0.15) is 0 Å². The van der Waals surface area contributed by atoms with Crippen LogP contribution < -0.4 is 5.32 Å². The molecule has 1 atom stereocenters. The number of aryl methyl sites for hydroxylation is 2. The Hall–Kier alpha value is -2.18. The maximum absolute atomic E-state index is 13.0. The van der Waals surface area contributed by atoms with E-state index >= 15 is 0 Å². The zero-order valence-electron chi connectivity index (χ0n) is 14.4. The number of hydrogen-bond donors (Lipinski definition) is 1. The van der Waals surface area contributed by atoms with Crippen molar-refractivity contribution in [2.75, 3.05) is 5.32 Å². The first-order valence-corrected chi connectivity index (χ1v) is 10.3.